The van der Waals surface area contributed by atoms with Crippen LogP contribution in [0.5, 0.6) is 0 Å². The van der Waals surface area contributed by atoms with Gasteiger partial charge in [0.1, 0.15) is 0 Å². The number of nitrogens with one attached hydrogen (secondary N) is 2. The predicted molar refractivity (Wildman–Crippen MR) is 170 cm³/mol. The van der Waals surface area contributed by atoms with Gasteiger partial charge in [-0.15, -0.1) is 0 Å². The van der Waals surface area contributed by atoms with Crippen molar-refractivity contribution in [1.29, 1.82) is 0 Å². The maximum Gasteiger partial charge on any atom is 0.256 e. The van der Waals surface area contributed by atoms with Gasteiger partial charge in [-0.3, -0.25) is 9.59 Å². The summed E-state index contributed by atoms with van der Waals surface area (Å²) in [6.07, 6.45) is 14.6. The van der Waals surface area contributed by atoms with E-state index in [9.17, 15) is 9.59 Å². The van der Waals surface area contributed by atoms with E-state index in [1.165, 1.54) is 25.7 Å². The molecule has 1 amide bonds. The first-order valence-electron chi connectivity index (χ1n) is 17.6. The predicted octanol–water partition coefficient (Wildman–Crippen LogP) is 2.32. The summed E-state index contributed by atoms with van der Waals surface area (Å²) < 4.78 is 7.10. The van der Waals surface area contributed by atoms with Crippen molar-refractivity contribution < 1.29 is 14.3 Å². The molecule has 9 nitrogen and oxygen atoms in total. The van der Waals surface area contributed by atoms with Gasteiger partial charge in [-0.1, -0.05) is 25.7 Å². The number of nitrogens with zero attached hydrogens (tertiary/aromatic N) is 4. The zero-order valence-electron chi connectivity index (χ0n) is 27.1. The van der Waals surface area contributed by atoms with E-state index in [1.807, 2.05) is 6.20 Å². The smallest absolute Gasteiger partial charge is 0.256 e. The SMILES string of the molecule is CN(C)CCCCNC(=O)C1=CN2C3CC4CCCCC4CC3OC3C(NCCCN4CCN(C)CC4)CCC(C1=O)C32. The quantitative estimate of drug-likeness (QED) is 0.277. The van der Waals surface area contributed by atoms with Crippen molar-refractivity contribution in [2.45, 2.75) is 101 Å². The van der Waals surface area contributed by atoms with Gasteiger partial charge in [0.2, 0.25) is 0 Å². The monoisotopic (exact) mass is 598 g/mol. The lowest BCUT2D eigenvalue weighted by Gasteiger charge is -2.60. The molecule has 8 unspecified atom stereocenters. The van der Waals surface area contributed by atoms with Gasteiger partial charge < -0.3 is 35.0 Å². The highest BCUT2D eigenvalue weighted by molar-refractivity contribution is 6.20. The molecular formula is C34H58N6O3. The Labute approximate surface area is 260 Å². The third-order valence-corrected chi connectivity index (χ3v) is 11.7. The molecule has 5 fully saturated rings. The van der Waals surface area contributed by atoms with E-state index in [0.717, 1.165) is 103 Å². The lowest BCUT2D eigenvalue weighted by atomic mass is 9.65. The van der Waals surface area contributed by atoms with Crippen LogP contribution in [0.4, 0.5) is 0 Å². The minimum absolute atomic E-state index is 0.000350. The Morgan fingerprint density at radius 1 is 0.977 bits per heavy atom. The van der Waals surface area contributed by atoms with Crippen LogP contribution in [0.3, 0.4) is 0 Å². The van der Waals surface area contributed by atoms with Gasteiger partial charge in [0.15, 0.2) is 5.78 Å². The first-order valence-corrected chi connectivity index (χ1v) is 17.6. The second-order valence-corrected chi connectivity index (χ2v) is 14.8. The normalized spacial score (nSPS) is 36.5. The molecule has 3 aliphatic heterocycles. The number of rotatable bonds is 11. The Hall–Kier alpha value is -1.52. The van der Waals surface area contributed by atoms with Crippen LogP contribution in [0.25, 0.3) is 0 Å². The van der Waals surface area contributed by atoms with Crippen LogP contribution >= 0.6 is 0 Å². The first kappa shape index (κ1) is 31.5. The van der Waals surface area contributed by atoms with Crippen LogP contribution in [0.1, 0.15) is 70.6 Å². The van der Waals surface area contributed by atoms with E-state index >= 15 is 0 Å². The Morgan fingerprint density at radius 2 is 1.74 bits per heavy atom. The summed E-state index contributed by atoms with van der Waals surface area (Å²) in [6, 6.07) is 0.569. The number of ketones is 1. The van der Waals surface area contributed by atoms with Crippen molar-refractivity contribution in [3.63, 3.8) is 0 Å². The van der Waals surface area contributed by atoms with Crippen LogP contribution < -0.4 is 10.6 Å². The number of fused-ring (bicyclic) bond motifs is 3. The van der Waals surface area contributed by atoms with Crippen molar-refractivity contribution in [1.82, 2.24) is 30.2 Å². The van der Waals surface area contributed by atoms with E-state index in [1.54, 1.807) is 0 Å². The Balaban J connectivity index is 1.14. The second kappa shape index (κ2) is 14.3. The van der Waals surface area contributed by atoms with E-state index in [2.05, 4.69) is 51.4 Å². The minimum Gasteiger partial charge on any atom is -0.369 e. The number of morpholine rings is 1. The maximum absolute atomic E-state index is 13.9. The highest BCUT2D eigenvalue weighted by atomic mass is 16.5. The molecule has 9 heteroatoms. The fraction of sp³-hybridized carbons (Fsp3) is 0.882. The van der Waals surface area contributed by atoms with E-state index < -0.39 is 0 Å². The van der Waals surface area contributed by atoms with Crippen molar-refractivity contribution >= 4 is 11.7 Å². The van der Waals surface area contributed by atoms with Crippen molar-refractivity contribution in [3.05, 3.63) is 11.8 Å². The Bertz CT molecular complexity index is 997. The number of carbonyl (C=O) groups excluding carboxylic acids is 2. The summed E-state index contributed by atoms with van der Waals surface area (Å²) >= 11 is 0. The maximum atomic E-state index is 13.9. The standard InChI is InChI=1S/C34H58N6O3/c1-37(2)15-7-6-13-36-34(42)27-23-40-29-21-24-9-4-5-10-25(24)22-30(29)43-33-28(12-11-26(31(33)40)32(27)41)35-14-8-16-39-19-17-38(3)18-20-39/h23-26,28-31,33,35H,4-22H2,1-3H3,(H,36,42). The van der Waals surface area contributed by atoms with Gasteiger partial charge in [-0.05, 0) is 97.6 Å². The molecule has 0 aromatic rings. The topological polar surface area (TPSA) is 80.4 Å². The molecule has 0 radical (unpaired) electrons. The molecule has 2 saturated heterocycles. The molecule has 0 spiro atoms. The molecular weight excluding hydrogens is 540 g/mol. The molecule has 0 bridgehead atoms. The van der Waals surface area contributed by atoms with Gasteiger partial charge in [-0.25, -0.2) is 0 Å². The van der Waals surface area contributed by atoms with Gasteiger partial charge in [0.25, 0.3) is 5.91 Å². The third-order valence-electron chi connectivity index (χ3n) is 11.7. The number of piperazine rings is 1. The molecule has 3 saturated carbocycles. The molecule has 43 heavy (non-hydrogen) atoms. The number of ether oxygens (including phenoxy) is 1. The number of unbranched alkanes of at least 4 members (excludes halogenated alkanes) is 1. The number of hydrogen-bond acceptors (Lipinski definition) is 8. The van der Waals surface area contributed by atoms with Crippen LogP contribution in [0.2, 0.25) is 0 Å². The summed E-state index contributed by atoms with van der Waals surface area (Å²) in [5.41, 5.74) is 0.387. The van der Waals surface area contributed by atoms with Gasteiger partial charge in [0, 0.05) is 50.9 Å². The minimum atomic E-state index is -0.177. The zero-order chi connectivity index (χ0) is 29.9. The highest BCUT2D eigenvalue weighted by Gasteiger charge is 2.57. The van der Waals surface area contributed by atoms with Crippen LogP contribution in [0.15, 0.2) is 11.8 Å². The summed E-state index contributed by atoms with van der Waals surface area (Å²) in [5, 5.41) is 7.00. The number of carbonyl (C=O) groups is 2. The first-order chi connectivity index (χ1) is 20.9. The molecule has 0 aromatic carbocycles. The number of likely N-dealkylation sites (N-methyl/N-ethyl adjacent to an activating group) is 1. The van der Waals surface area contributed by atoms with Crippen molar-refractivity contribution in [3.8, 4) is 0 Å². The van der Waals surface area contributed by atoms with Crippen LogP contribution in [0, 0.1) is 17.8 Å². The lowest BCUT2D eigenvalue weighted by molar-refractivity contribution is -0.200. The fourth-order valence-corrected chi connectivity index (χ4v) is 9.20. The molecule has 3 aliphatic carbocycles. The Kier molecular flexibility index (Phi) is 10.4. The Morgan fingerprint density at radius 3 is 2.51 bits per heavy atom. The highest BCUT2D eigenvalue weighted by Crippen LogP contribution is 2.49. The summed E-state index contributed by atoms with van der Waals surface area (Å²) in [4.78, 5) is 37.0. The van der Waals surface area contributed by atoms with Gasteiger partial charge in [-0.2, -0.15) is 0 Å². The molecule has 8 atom stereocenters. The average molecular weight is 599 g/mol. The van der Waals surface area contributed by atoms with E-state index in [-0.39, 0.29) is 47.9 Å². The molecule has 2 N–H and O–H groups in total. The second-order valence-electron chi connectivity index (χ2n) is 14.8. The summed E-state index contributed by atoms with van der Waals surface area (Å²) in [7, 11) is 6.36. The van der Waals surface area contributed by atoms with Crippen molar-refractivity contribution in [2.24, 2.45) is 17.8 Å². The van der Waals surface area contributed by atoms with Gasteiger partial charge >= 0.3 is 0 Å². The number of hydrogen-bond donors (Lipinski definition) is 2. The van der Waals surface area contributed by atoms with Gasteiger partial charge in [0.05, 0.1) is 29.9 Å². The van der Waals surface area contributed by atoms with Crippen LogP contribution in [-0.2, 0) is 14.3 Å². The molecule has 6 aliphatic rings. The average Bonchev–Trinajstić information content (AvgIpc) is 3.00. The molecule has 0 aromatic heterocycles. The van der Waals surface area contributed by atoms with Crippen LogP contribution in [-0.4, -0.2) is 135 Å². The number of amides is 1. The third kappa shape index (κ3) is 7.16. The summed E-state index contributed by atoms with van der Waals surface area (Å²) in [6.45, 7) is 8.39. The fourth-order valence-electron chi connectivity index (χ4n) is 9.20. The molecule has 6 rings (SSSR count). The zero-order valence-corrected chi connectivity index (χ0v) is 27.1. The lowest BCUT2D eigenvalue weighted by Crippen LogP contribution is -2.71. The van der Waals surface area contributed by atoms with E-state index in [0.29, 0.717) is 12.1 Å². The number of Topliss-reactive ketones (excluding diaryl/α,β-unsaturated/α-hetero) is 1. The van der Waals surface area contributed by atoms with E-state index in [4.69, 9.17) is 4.74 Å². The largest absolute Gasteiger partial charge is 0.369 e. The summed E-state index contributed by atoms with van der Waals surface area (Å²) in [5.74, 6) is 1.22. The molecule has 242 valence electrons. The van der Waals surface area contributed by atoms with Crippen molar-refractivity contribution in [2.75, 3.05) is 73.5 Å². The molecule has 3 heterocycles.